The van der Waals surface area contributed by atoms with Gasteiger partial charge in [0.2, 0.25) is 5.91 Å². The van der Waals surface area contributed by atoms with Crippen LogP contribution in [0.5, 0.6) is 0 Å². The fourth-order valence-corrected chi connectivity index (χ4v) is 3.67. The second-order valence-electron chi connectivity index (χ2n) is 6.37. The zero-order valence-corrected chi connectivity index (χ0v) is 16.9. The van der Waals surface area contributed by atoms with Crippen molar-refractivity contribution in [3.05, 3.63) is 79.4 Å². The molecule has 3 aromatic carbocycles. The summed E-state index contributed by atoms with van der Waals surface area (Å²) in [4.78, 5) is 49.7. The molecule has 0 fully saturated rings. The quantitative estimate of drug-likeness (QED) is 0.255. The van der Waals surface area contributed by atoms with Crippen molar-refractivity contribution in [1.82, 2.24) is 4.90 Å². The van der Waals surface area contributed by atoms with Crippen molar-refractivity contribution >= 4 is 62.5 Å². The molecule has 1 aliphatic rings. The van der Waals surface area contributed by atoms with Crippen LogP contribution in [-0.2, 0) is 4.79 Å². The van der Waals surface area contributed by atoms with Gasteiger partial charge < -0.3 is 5.32 Å². The van der Waals surface area contributed by atoms with Gasteiger partial charge in [0.25, 0.3) is 17.5 Å². The number of carbonyl (C=O) groups excluding carboxylic acids is 3. The molecule has 8 nitrogen and oxygen atoms in total. The van der Waals surface area contributed by atoms with E-state index in [-0.39, 0.29) is 27.6 Å². The molecular weight excluding hydrogens is 489 g/mol. The van der Waals surface area contributed by atoms with Gasteiger partial charge in [0.1, 0.15) is 6.54 Å². The van der Waals surface area contributed by atoms with E-state index in [0.717, 1.165) is 8.47 Å². The highest BCUT2D eigenvalue weighted by Gasteiger charge is 2.35. The summed E-state index contributed by atoms with van der Waals surface area (Å²) in [5.41, 5.74) is 0.673. The van der Waals surface area contributed by atoms with Crippen LogP contribution in [-0.4, -0.2) is 34.1 Å². The summed E-state index contributed by atoms with van der Waals surface area (Å²) >= 11 is 2.14. The fraction of sp³-hybridized carbons (Fsp3) is 0.0500. The van der Waals surface area contributed by atoms with Crippen LogP contribution in [0.1, 0.15) is 20.7 Å². The van der Waals surface area contributed by atoms with E-state index in [2.05, 4.69) is 27.9 Å². The Balaban J connectivity index is 1.67. The monoisotopic (exact) mass is 501 g/mol. The third-order valence-corrected chi connectivity index (χ3v) is 5.31. The molecule has 0 radical (unpaired) electrons. The SMILES string of the molecule is O=C(CN1C(=O)c2cccc3c([N+](=O)[O-])ccc(c23)C1=O)Nc1ccc(I)cc1. The summed E-state index contributed by atoms with van der Waals surface area (Å²) in [6.45, 7) is -0.462. The fourth-order valence-electron chi connectivity index (χ4n) is 3.31. The molecule has 0 aliphatic carbocycles. The van der Waals surface area contributed by atoms with Gasteiger partial charge in [0.05, 0.1) is 10.3 Å². The smallest absolute Gasteiger partial charge is 0.277 e. The van der Waals surface area contributed by atoms with E-state index in [0.29, 0.717) is 5.69 Å². The van der Waals surface area contributed by atoms with Crippen LogP contribution in [0.2, 0.25) is 0 Å². The number of carbonyl (C=O) groups is 3. The predicted octanol–water partition coefficient (Wildman–Crippen LogP) is 3.59. The van der Waals surface area contributed by atoms with Gasteiger partial charge >= 0.3 is 0 Å². The summed E-state index contributed by atoms with van der Waals surface area (Å²) < 4.78 is 1.00. The normalized spacial score (nSPS) is 12.9. The number of imide groups is 1. The number of halogens is 1. The second-order valence-corrected chi connectivity index (χ2v) is 7.61. The van der Waals surface area contributed by atoms with E-state index in [1.807, 2.05) is 12.1 Å². The van der Waals surface area contributed by atoms with Crippen molar-refractivity contribution in [2.24, 2.45) is 0 Å². The van der Waals surface area contributed by atoms with E-state index in [1.165, 1.54) is 30.3 Å². The number of nitrogens with one attached hydrogen (secondary N) is 1. The maximum Gasteiger partial charge on any atom is 0.277 e. The molecule has 0 aromatic heterocycles. The van der Waals surface area contributed by atoms with Crippen molar-refractivity contribution in [1.29, 1.82) is 0 Å². The lowest BCUT2D eigenvalue weighted by atomic mass is 9.93. The summed E-state index contributed by atoms with van der Waals surface area (Å²) in [5, 5.41) is 14.4. The molecule has 0 spiro atoms. The summed E-state index contributed by atoms with van der Waals surface area (Å²) in [6, 6.07) is 14.1. The third-order valence-electron chi connectivity index (χ3n) is 4.60. The number of amides is 3. The molecule has 9 heteroatoms. The van der Waals surface area contributed by atoms with Gasteiger partial charge in [-0.15, -0.1) is 0 Å². The first-order valence-electron chi connectivity index (χ1n) is 8.48. The number of nitro benzene ring substituents is 1. The first kappa shape index (κ1) is 19.0. The molecule has 4 rings (SSSR count). The number of anilines is 1. The predicted molar refractivity (Wildman–Crippen MR) is 114 cm³/mol. The lowest BCUT2D eigenvalue weighted by molar-refractivity contribution is -0.383. The summed E-state index contributed by atoms with van der Waals surface area (Å²) in [6.07, 6.45) is 0. The molecule has 3 aromatic rings. The molecule has 144 valence electrons. The summed E-state index contributed by atoms with van der Waals surface area (Å²) in [7, 11) is 0. The number of nitro groups is 1. The Morgan fingerprint density at radius 1 is 1.00 bits per heavy atom. The summed E-state index contributed by atoms with van der Waals surface area (Å²) in [5.74, 6) is -1.84. The van der Waals surface area contributed by atoms with Crippen molar-refractivity contribution in [2.75, 3.05) is 11.9 Å². The molecule has 0 unspecified atom stereocenters. The Bertz CT molecular complexity index is 1180. The molecule has 0 atom stereocenters. The van der Waals surface area contributed by atoms with Gasteiger partial charge in [0.15, 0.2) is 0 Å². The van der Waals surface area contributed by atoms with Gasteiger partial charge in [-0.25, -0.2) is 0 Å². The molecule has 0 saturated carbocycles. The number of non-ortho nitro benzene ring substituents is 1. The molecule has 1 N–H and O–H groups in total. The molecule has 0 bridgehead atoms. The van der Waals surface area contributed by atoms with Crippen LogP contribution in [0, 0.1) is 13.7 Å². The number of rotatable bonds is 4. The van der Waals surface area contributed by atoms with Crippen LogP contribution in [0.4, 0.5) is 11.4 Å². The van der Waals surface area contributed by atoms with Gasteiger partial charge in [-0.05, 0) is 65.1 Å². The first-order valence-corrected chi connectivity index (χ1v) is 9.56. The maximum atomic E-state index is 12.9. The lowest BCUT2D eigenvalue weighted by Crippen LogP contribution is -2.44. The molecule has 29 heavy (non-hydrogen) atoms. The topological polar surface area (TPSA) is 110 Å². The Hall–Kier alpha value is -3.34. The third kappa shape index (κ3) is 3.33. The standard InChI is InChI=1S/C20H12IN3O5/c21-11-4-6-12(7-5-11)22-17(25)10-23-19(26)14-3-1-2-13-16(24(28)29)9-8-15(18(13)14)20(23)27/h1-9H,10H2,(H,22,25). The zero-order chi connectivity index (χ0) is 20.7. The number of hydrogen-bond acceptors (Lipinski definition) is 5. The van der Waals surface area contributed by atoms with E-state index >= 15 is 0 Å². The number of benzene rings is 3. The van der Waals surface area contributed by atoms with Crippen molar-refractivity contribution in [3.63, 3.8) is 0 Å². The minimum absolute atomic E-state index is 0.155. The van der Waals surface area contributed by atoms with E-state index in [9.17, 15) is 24.5 Å². The highest BCUT2D eigenvalue weighted by atomic mass is 127. The Morgan fingerprint density at radius 2 is 1.66 bits per heavy atom. The van der Waals surface area contributed by atoms with Crippen LogP contribution >= 0.6 is 22.6 Å². The molecule has 3 amide bonds. The number of nitrogens with zero attached hydrogens (tertiary/aromatic N) is 2. The van der Waals surface area contributed by atoms with Gasteiger partial charge in [-0.3, -0.25) is 29.4 Å². The van der Waals surface area contributed by atoms with Crippen molar-refractivity contribution in [2.45, 2.75) is 0 Å². The number of hydrogen-bond donors (Lipinski definition) is 1. The molecule has 1 aliphatic heterocycles. The van der Waals surface area contributed by atoms with Crippen LogP contribution < -0.4 is 5.32 Å². The lowest BCUT2D eigenvalue weighted by Gasteiger charge is -2.26. The van der Waals surface area contributed by atoms with Crippen molar-refractivity contribution < 1.29 is 19.3 Å². The average molecular weight is 501 g/mol. The van der Waals surface area contributed by atoms with Gasteiger partial charge in [0, 0.05) is 31.8 Å². The molecular formula is C20H12IN3O5. The highest BCUT2D eigenvalue weighted by Crippen LogP contribution is 2.35. The molecule has 0 saturated heterocycles. The maximum absolute atomic E-state index is 12.9. The first-order chi connectivity index (χ1) is 13.9. The van der Waals surface area contributed by atoms with E-state index in [4.69, 9.17) is 0 Å². The van der Waals surface area contributed by atoms with E-state index in [1.54, 1.807) is 12.1 Å². The Labute approximate surface area is 177 Å². The van der Waals surface area contributed by atoms with Crippen LogP contribution in [0.15, 0.2) is 54.6 Å². The van der Waals surface area contributed by atoms with Crippen LogP contribution in [0.3, 0.4) is 0 Å². The van der Waals surface area contributed by atoms with Crippen LogP contribution in [0.25, 0.3) is 10.8 Å². The van der Waals surface area contributed by atoms with Gasteiger partial charge in [-0.1, -0.05) is 6.07 Å². The highest BCUT2D eigenvalue weighted by molar-refractivity contribution is 14.1. The largest absolute Gasteiger partial charge is 0.325 e. The average Bonchev–Trinajstić information content (AvgIpc) is 2.70. The molecule has 1 heterocycles. The Morgan fingerprint density at radius 3 is 2.31 bits per heavy atom. The minimum atomic E-state index is -0.661. The zero-order valence-electron chi connectivity index (χ0n) is 14.7. The second kappa shape index (κ2) is 7.24. The van der Waals surface area contributed by atoms with Gasteiger partial charge in [-0.2, -0.15) is 0 Å². The van der Waals surface area contributed by atoms with E-state index < -0.39 is 29.2 Å². The minimum Gasteiger partial charge on any atom is -0.325 e. The Kier molecular flexibility index (Phi) is 4.74. The van der Waals surface area contributed by atoms with Crippen molar-refractivity contribution in [3.8, 4) is 0 Å².